The zero-order valence-corrected chi connectivity index (χ0v) is 14.8. The van der Waals surface area contributed by atoms with Gasteiger partial charge in [-0.2, -0.15) is 0 Å². The summed E-state index contributed by atoms with van der Waals surface area (Å²) in [7, 11) is 0. The van der Waals surface area contributed by atoms with Crippen molar-refractivity contribution in [1.82, 2.24) is 9.80 Å². The lowest BCUT2D eigenvalue weighted by Gasteiger charge is -2.51. The second kappa shape index (κ2) is 7.32. The molecule has 1 saturated carbocycles. The maximum Gasteiger partial charge on any atom is 0.303 e. The Hall–Kier alpha value is -1.63. The Kier molecular flexibility index (Phi) is 5.32. The molecular formula is C18H29N3O4. The molecule has 0 aromatic rings. The Labute approximate surface area is 148 Å². The summed E-state index contributed by atoms with van der Waals surface area (Å²) < 4.78 is 0. The van der Waals surface area contributed by atoms with Gasteiger partial charge >= 0.3 is 5.97 Å². The van der Waals surface area contributed by atoms with E-state index in [2.05, 4.69) is 4.90 Å². The number of rotatable bonds is 5. The normalized spacial score (nSPS) is 24.9. The van der Waals surface area contributed by atoms with Gasteiger partial charge in [-0.1, -0.05) is 0 Å². The predicted octanol–water partition coefficient (Wildman–Crippen LogP) is 0.962. The molecule has 0 aromatic carbocycles. The number of carbonyl (C=O) groups is 3. The van der Waals surface area contributed by atoms with E-state index in [0.717, 1.165) is 38.6 Å². The van der Waals surface area contributed by atoms with Crippen LogP contribution in [0.1, 0.15) is 57.8 Å². The van der Waals surface area contributed by atoms with Crippen molar-refractivity contribution in [2.45, 2.75) is 69.9 Å². The molecule has 2 heterocycles. The van der Waals surface area contributed by atoms with Crippen LogP contribution >= 0.6 is 0 Å². The van der Waals surface area contributed by atoms with Crippen LogP contribution in [0.2, 0.25) is 0 Å². The van der Waals surface area contributed by atoms with E-state index in [0.29, 0.717) is 31.5 Å². The standard InChI is InChI=1S/C18H29N3O4/c19-14(4-5-16(23)24)17(25)20-10-8-18(9-11-20)7-6-15(22)21(12-18)13-2-1-3-13/h13-14H,1-12,19H2,(H,23,24)/t14-/m0/s1. The predicted molar refractivity (Wildman–Crippen MR) is 91.7 cm³/mol. The van der Waals surface area contributed by atoms with Crippen LogP contribution in [-0.2, 0) is 14.4 Å². The second-order valence-corrected chi connectivity index (χ2v) is 7.97. The summed E-state index contributed by atoms with van der Waals surface area (Å²) in [5.41, 5.74) is 6.01. The van der Waals surface area contributed by atoms with Crippen molar-refractivity contribution < 1.29 is 19.5 Å². The summed E-state index contributed by atoms with van der Waals surface area (Å²) in [5, 5.41) is 8.72. The minimum absolute atomic E-state index is 0.0802. The quantitative estimate of drug-likeness (QED) is 0.768. The number of nitrogens with zero attached hydrogens (tertiary/aromatic N) is 2. The van der Waals surface area contributed by atoms with Gasteiger partial charge in [-0.05, 0) is 50.4 Å². The van der Waals surface area contributed by atoms with E-state index >= 15 is 0 Å². The van der Waals surface area contributed by atoms with Gasteiger partial charge in [-0.3, -0.25) is 14.4 Å². The van der Waals surface area contributed by atoms with Gasteiger partial charge in [0.15, 0.2) is 0 Å². The number of carbonyl (C=O) groups excluding carboxylic acids is 2. The number of hydrogen-bond acceptors (Lipinski definition) is 4. The molecule has 1 aliphatic carbocycles. The molecule has 1 atom stereocenters. The Balaban J connectivity index is 1.53. The van der Waals surface area contributed by atoms with Crippen LogP contribution < -0.4 is 5.73 Å². The first-order chi connectivity index (χ1) is 11.9. The van der Waals surface area contributed by atoms with E-state index in [1.165, 1.54) is 6.42 Å². The van der Waals surface area contributed by atoms with Crippen LogP contribution in [0, 0.1) is 5.41 Å². The molecule has 1 spiro atoms. The third-order valence-corrected chi connectivity index (χ3v) is 6.33. The largest absolute Gasteiger partial charge is 0.481 e. The molecule has 2 saturated heterocycles. The highest BCUT2D eigenvalue weighted by molar-refractivity contribution is 5.82. The number of nitrogens with two attached hydrogens (primary N) is 1. The highest BCUT2D eigenvalue weighted by Crippen LogP contribution is 2.42. The molecule has 2 amide bonds. The topological polar surface area (TPSA) is 104 Å². The molecule has 0 unspecified atom stereocenters. The van der Waals surface area contributed by atoms with Crippen LogP contribution in [0.3, 0.4) is 0 Å². The zero-order chi connectivity index (χ0) is 18.0. The van der Waals surface area contributed by atoms with Gasteiger partial charge in [-0.25, -0.2) is 0 Å². The van der Waals surface area contributed by atoms with Gasteiger partial charge in [0.05, 0.1) is 6.04 Å². The van der Waals surface area contributed by atoms with Gasteiger partial charge in [0.2, 0.25) is 11.8 Å². The Morgan fingerprint density at radius 2 is 1.92 bits per heavy atom. The Morgan fingerprint density at radius 1 is 1.24 bits per heavy atom. The molecule has 25 heavy (non-hydrogen) atoms. The average Bonchev–Trinajstić information content (AvgIpc) is 2.55. The van der Waals surface area contributed by atoms with Crippen molar-refractivity contribution in [3.05, 3.63) is 0 Å². The number of carboxylic acids is 1. The third kappa shape index (κ3) is 3.97. The molecule has 140 valence electrons. The maximum atomic E-state index is 12.4. The molecule has 3 N–H and O–H groups in total. The summed E-state index contributed by atoms with van der Waals surface area (Å²) in [5.74, 6) is -0.771. The molecule has 0 radical (unpaired) electrons. The molecular weight excluding hydrogens is 322 g/mol. The van der Waals surface area contributed by atoms with E-state index in [-0.39, 0.29) is 24.2 Å². The number of piperidine rings is 2. The van der Waals surface area contributed by atoms with E-state index in [1.807, 2.05) is 0 Å². The minimum atomic E-state index is -0.927. The van der Waals surface area contributed by atoms with Gasteiger partial charge in [-0.15, -0.1) is 0 Å². The number of aliphatic carboxylic acids is 1. The molecule has 7 heteroatoms. The summed E-state index contributed by atoms with van der Waals surface area (Å²) >= 11 is 0. The van der Waals surface area contributed by atoms with Gasteiger partial charge < -0.3 is 20.6 Å². The highest BCUT2D eigenvalue weighted by Gasteiger charge is 2.44. The first-order valence-corrected chi connectivity index (χ1v) is 9.46. The molecule has 3 rings (SSSR count). The molecule has 0 aromatic heterocycles. The Morgan fingerprint density at radius 3 is 2.48 bits per heavy atom. The first kappa shape index (κ1) is 18.2. The van der Waals surface area contributed by atoms with Gasteiger partial charge in [0.25, 0.3) is 0 Å². The van der Waals surface area contributed by atoms with Crippen molar-refractivity contribution in [2.24, 2.45) is 11.1 Å². The highest BCUT2D eigenvalue weighted by atomic mass is 16.4. The maximum absolute atomic E-state index is 12.4. The van der Waals surface area contributed by atoms with Crippen molar-refractivity contribution in [3.63, 3.8) is 0 Å². The van der Waals surface area contributed by atoms with Crippen molar-refractivity contribution in [2.75, 3.05) is 19.6 Å². The zero-order valence-electron chi connectivity index (χ0n) is 14.8. The fourth-order valence-corrected chi connectivity index (χ4v) is 4.32. The second-order valence-electron chi connectivity index (χ2n) is 7.97. The van der Waals surface area contributed by atoms with Crippen molar-refractivity contribution >= 4 is 17.8 Å². The lowest BCUT2D eigenvalue weighted by atomic mass is 9.71. The van der Waals surface area contributed by atoms with Crippen molar-refractivity contribution in [3.8, 4) is 0 Å². The number of carboxylic acid groups (broad SMARTS) is 1. The molecule has 7 nitrogen and oxygen atoms in total. The smallest absolute Gasteiger partial charge is 0.303 e. The Bertz CT molecular complexity index is 538. The molecule has 0 bridgehead atoms. The molecule has 2 aliphatic heterocycles. The van der Waals surface area contributed by atoms with Crippen LogP contribution in [0.15, 0.2) is 0 Å². The van der Waals surface area contributed by atoms with Crippen molar-refractivity contribution in [1.29, 1.82) is 0 Å². The first-order valence-electron chi connectivity index (χ1n) is 9.46. The number of hydrogen-bond donors (Lipinski definition) is 2. The summed E-state index contributed by atoms with van der Waals surface area (Å²) in [6.07, 6.45) is 6.93. The number of likely N-dealkylation sites (tertiary alicyclic amines) is 2. The fourth-order valence-electron chi connectivity index (χ4n) is 4.32. The van der Waals surface area contributed by atoms with Gasteiger partial charge in [0, 0.05) is 38.5 Å². The fraction of sp³-hybridized carbons (Fsp3) is 0.833. The molecule has 3 fully saturated rings. The lowest BCUT2D eigenvalue weighted by Crippen LogP contribution is -2.57. The van der Waals surface area contributed by atoms with Crippen LogP contribution in [0.25, 0.3) is 0 Å². The van der Waals surface area contributed by atoms with E-state index in [9.17, 15) is 14.4 Å². The monoisotopic (exact) mass is 351 g/mol. The van der Waals surface area contributed by atoms with E-state index in [4.69, 9.17) is 10.8 Å². The SMILES string of the molecule is N[C@@H](CCC(=O)O)C(=O)N1CCC2(CCC(=O)N(C3CCC3)C2)CC1. The summed E-state index contributed by atoms with van der Waals surface area (Å²) in [6, 6.07) is -0.293. The van der Waals surface area contributed by atoms with Crippen LogP contribution in [0.5, 0.6) is 0 Å². The lowest BCUT2D eigenvalue weighted by molar-refractivity contribution is -0.147. The average molecular weight is 351 g/mol. The van der Waals surface area contributed by atoms with Crippen LogP contribution in [-0.4, -0.2) is 64.4 Å². The number of amides is 2. The summed E-state index contributed by atoms with van der Waals surface area (Å²) in [6.45, 7) is 2.15. The molecule has 3 aliphatic rings. The summed E-state index contributed by atoms with van der Waals surface area (Å²) in [4.78, 5) is 39.2. The van der Waals surface area contributed by atoms with E-state index in [1.54, 1.807) is 4.90 Å². The van der Waals surface area contributed by atoms with Crippen LogP contribution in [0.4, 0.5) is 0 Å². The minimum Gasteiger partial charge on any atom is -0.481 e. The third-order valence-electron chi connectivity index (χ3n) is 6.33. The van der Waals surface area contributed by atoms with E-state index < -0.39 is 12.0 Å². The van der Waals surface area contributed by atoms with Gasteiger partial charge in [0.1, 0.15) is 0 Å².